The maximum Gasteiger partial charge on any atom is 0.266 e. The van der Waals surface area contributed by atoms with Crippen molar-refractivity contribution in [2.45, 2.75) is 34.7 Å². The van der Waals surface area contributed by atoms with Gasteiger partial charge in [-0.15, -0.1) is 0 Å². The van der Waals surface area contributed by atoms with Crippen LogP contribution in [0.5, 0.6) is 5.75 Å². The van der Waals surface area contributed by atoms with E-state index in [0.29, 0.717) is 37.6 Å². The summed E-state index contributed by atoms with van der Waals surface area (Å²) in [6.45, 7) is 1.07. The van der Waals surface area contributed by atoms with Crippen molar-refractivity contribution in [3.63, 3.8) is 0 Å². The van der Waals surface area contributed by atoms with Gasteiger partial charge in [0, 0.05) is 45.8 Å². The Labute approximate surface area is 258 Å². The number of hydrogen-bond acceptors (Lipinski definition) is 7. The van der Waals surface area contributed by atoms with Crippen molar-refractivity contribution in [2.75, 3.05) is 19.8 Å². The molecule has 1 heterocycles. The molecule has 5 rings (SSSR count). The van der Waals surface area contributed by atoms with Crippen LogP contribution in [0.2, 0.25) is 0 Å². The molecule has 1 aliphatic rings. The fourth-order valence-electron chi connectivity index (χ4n) is 4.49. The highest BCUT2D eigenvalue weighted by Gasteiger charge is 2.45. The van der Waals surface area contributed by atoms with Crippen molar-refractivity contribution < 1.29 is 19.4 Å². The van der Waals surface area contributed by atoms with Crippen molar-refractivity contribution in [1.82, 2.24) is 10.9 Å². The Balaban J connectivity index is 1.31. The molecule has 0 aromatic heterocycles. The quantitative estimate of drug-likeness (QED) is 0.123. The lowest BCUT2D eigenvalue weighted by atomic mass is 9.91. The Morgan fingerprint density at radius 2 is 1.67 bits per heavy atom. The van der Waals surface area contributed by atoms with Gasteiger partial charge in [0.2, 0.25) is 5.90 Å². The van der Waals surface area contributed by atoms with E-state index in [2.05, 4.69) is 45.0 Å². The smallest absolute Gasteiger partial charge is 0.266 e. The maximum absolute atomic E-state index is 13.8. The van der Waals surface area contributed by atoms with E-state index >= 15 is 0 Å². The average molecular weight is 647 g/mol. The van der Waals surface area contributed by atoms with Gasteiger partial charge in [-0.3, -0.25) is 10.2 Å². The molecule has 1 amide bonds. The molecule has 3 N–H and O–H groups in total. The Kier molecular flexibility index (Phi) is 10.3. The molecule has 0 spiro atoms. The highest BCUT2D eigenvalue weighted by Crippen LogP contribution is 2.31. The molecule has 4 aromatic carbocycles. The molecule has 216 valence electrons. The van der Waals surface area contributed by atoms with Gasteiger partial charge in [-0.25, -0.2) is 10.4 Å². The molecular weight excluding hydrogens is 614 g/mol. The van der Waals surface area contributed by atoms with Crippen LogP contribution in [0.15, 0.2) is 122 Å². The lowest BCUT2D eigenvalue weighted by Gasteiger charge is -2.24. The molecule has 0 radical (unpaired) electrons. The molecule has 1 aliphatic heterocycles. The van der Waals surface area contributed by atoms with Gasteiger partial charge in [-0.1, -0.05) is 82.3 Å². The van der Waals surface area contributed by atoms with Gasteiger partial charge in [-0.05, 0) is 59.7 Å². The summed E-state index contributed by atoms with van der Waals surface area (Å²) >= 11 is 5.31. The number of nitrogens with zero attached hydrogens (tertiary/aromatic N) is 1. The van der Waals surface area contributed by atoms with Gasteiger partial charge in [-0.2, -0.15) is 0 Å². The third kappa shape index (κ3) is 7.60. The summed E-state index contributed by atoms with van der Waals surface area (Å²) < 4.78 is 12.6. The lowest BCUT2D eigenvalue weighted by molar-refractivity contribution is -0.127. The van der Waals surface area contributed by atoms with Crippen LogP contribution in [0.4, 0.5) is 0 Å². The number of benzene rings is 4. The Bertz CT molecular complexity index is 1520. The highest BCUT2D eigenvalue weighted by atomic mass is 79.9. The summed E-state index contributed by atoms with van der Waals surface area (Å²) in [5.74, 6) is 0.826. The number of carbonyl (C=O) groups is 1. The normalized spacial score (nSPS) is 16.0. The number of halogens is 1. The van der Waals surface area contributed by atoms with E-state index in [9.17, 15) is 4.79 Å². The number of aliphatic hydroxyl groups excluding tert-OH is 1. The predicted octanol–water partition coefficient (Wildman–Crippen LogP) is 5.94. The number of amides is 1. The SMILES string of the molecule is O=C(NNCc1ccccc1Sc1ccccc1)[C@]1(Cc2ccccc2Br)COC(c2ccc(OCCCO)cc2)=N1. The van der Waals surface area contributed by atoms with Crippen LogP contribution < -0.4 is 15.6 Å². The fourth-order valence-corrected chi connectivity index (χ4v) is 5.88. The number of rotatable bonds is 13. The van der Waals surface area contributed by atoms with Crippen LogP contribution in [0.25, 0.3) is 0 Å². The molecule has 7 nitrogen and oxygen atoms in total. The number of aliphatic imine (C=N–C) groups is 1. The lowest BCUT2D eigenvalue weighted by Crippen LogP contribution is -2.52. The molecule has 1 atom stereocenters. The zero-order valence-electron chi connectivity index (χ0n) is 23.0. The van der Waals surface area contributed by atoms with Crippen molar-refractivity contribution >= 4 is 39.5 Å². The first-order valence-electron chi connectivity index (χ1n) is 13.7. The van der Waals surface area contributed by atoms with Gasteiger partial charge in [0.05, 0.1) is 6.61 Å². The molecule has 0 saturated carbocycles. The maximum atomic E-state index is 13.8. The summed E-state index contributed by atoms with van der Waals surface area (Å²) in [7, 11) is 0. The minimum absolute atomic E-state index is 0.0818. The van der Waals surface area contributed by atoms with Gasteiger partial charge < -0.3 is 14.6 Å². The van der Waals surface area contributed by atoms with E-state index in [4.69, 9.17) is 19.6 Å². The van der Waals surface area contributed by atoms with Crippen molar-refractivity contribution in [3.8, 4) is 5.75 Å². The Morgan fingerprint density at radius 1 is 0.952 bits per heavy atom. The van der Waals surface area contributed by atoms with Crippen LogP contribution in [0, 0.1) is 0 Å². The van der Waals surface area contributed by atoms with Crippen molar-refractivity contribution in [3.05, 3.63) is 124 Å². The average Bonchev–Trinajstić information content (AvgIpc) is 3.45. The predicted molar refractivity (Wildman–Crippen MR) is 169 cm³/mol. The van der Waals surface area contributed by atoms with Gasteiger partial charge in [0.25, 0.3) is 5.91 Å². The molecule has 4 aromatic rings. The minimum Gasteiger partial charge on any atom is -0.494 e. The highest BCUT2D eigenvalue weighted by molar-refractivity contribution is 9.10. The van der Waals surface area contributed by atoms with Crippen LogP contribution in [-0.4, -0.2) is 42.3 Å². The van der Waals surface area contributed by atoms with Crippen LogP contribution in [0.1, 0.15) is 23.1 Å². The largest absolute Gasteiger partial charge is 0.494 e. The Morgan fingerprint density at radius 3 is 2.43 bits per heavy atom. The Hall–Kier alpha value is -3.63. The number of carbonyl (C=O) groups excluding carboxylic acids is 1. The van der Waals surface area contributed by atoms with Crippen molar-refractivity contribution in [1.29, 1.82) is 0 Å². The van der Waals surface area contributed by atoms with Crippen LogP contribution >= 0.6 is 27.7 Å². The van der Waals surface area contributed by atoms with Gasteiger partial charge >= 0.3 is 0 Å². The third-order valence-corrected chi connectivity index (χ3v) is 8.62. The van der Waals surface area contributed by atoms with E-state index in [1.165, 1.54) is 0 Å². The molecule has 0 saturated heterocycles. The van der Waals surface area contributed by atoms with E-state index in [-0.39, 0.29) is 19.1 Å². The summed E-state index contributed by atoms with van der Waals surface area (Å²) in [6.07, 6.45) is 0.921. The van der Waals surface area contributed by atoms with Crippen molar-refractivity contribution in [2.24, 2.45) is 4.99 Å². The summed E-state index contributed by atoms with van der Waals surface area (Å²) in [5.41, 5.74) is 7.66. The standard InChI is InChI=1S/C33H32BrN3O4S/c34-29-13-6-4-9-25(29)21-33(23-41-31(36-33)24-15-17-27(18-16-24)40-20-8-19-38)32(39)37-35-22-26-10-5-7-14-30(26)42-28-11-2-1-3-12-28/h1-7,9-18,35,38H,8,19-23H2,(H,37,39)/t33-/m0/s1. The second kappa shape index (κ2) is 14.5. The second-order valence-electron chi connectivity index (χ2n) is 9.79. The topological polar surface area (TPSA) is 92.2 Å². The monoisotopic (exact) mass is 645 g/mol. The van der Waals surface area contributed by atoms with Crippen LogP contribution in [-0.2, 0) is 22.5 Å². The van der Waals surface area contributed by atoms with E-state index < -0.39 is 5.54 Å². The number of aliphatic hydroxyl groups is 1. The first-order valence-corrected chi connectivity index (χ1v) is 15.3. The first kappa shape index (κ1) is 29.8. The zero-order chi connectivity index (χ0) is 29.2. The summed E-state index contributed by atoms with van der Waals surface area (Å²) in [5, 5.41) is 8.97. The molecule has 0 fully saturated rings. The van der Waals surface area contributed by atoms with E-state index in [1.807, 2.05) is 84.9 Å². The summed E-state index contributed by atoms with van der Waals surface area (Å²) in [6, 6.07) is 33.5. The zero-order valence-corrected chi connectivity index (χ0v) is 25.4. The van der Waals surface area contributed by atoms with E-state index in [1.54, 1.807) is 11.8 Å². The minimum atomic E-state index is -1.17. The van der Waals surface area contributed by atoms with E-state index in [0.717, 1.165) is 31.0 Å². The van der Waals surface area contributed by atoms with Crippen LogP contribution in [0.3, 0.4) is 0 Å². The first-order chi connectivity index (χ1) is 20.6. The third-order valence-electron chi connectivity index (χ3n) is 6.72. The molecule has 42 heavy (non-hydrogen) atoms. The molecule has 0 unspecified atom stereocenters. The number of ether oxygens (including phenoxy) is 2. The second-order valence-corrected chi connectivity index (χ2v) is 11.8. The van der Waals surface area contributed by atoms with Gasteiger partial charge in [0.15, 0.2) is 5.54 Å². The molecule has 0 aliphatic carbocycles. The summed E-state index contributed by atoms with van der Waals surface area (Å²) in [4.78, 5) is 20.9. The molecule has 9 heteroatoms. The number of hydrogen-bond donors (Lipinski definition) is 3. The molecular formula is C33H32BrN3O4S. The fraction of sp³-hybridized carbons (Fsp3) is 0.212. The van der Waals surface area contributed by atoms with Gasteiger partial charge in [0.1, 0.15) is 12.4 Å². The number of hydrazine groups is 1. The molecule has 0 bridgehead atoms. The number of nitrogens with one attached hydrogen (secondary N) is 2.